The third-order valence-corrected chi connectivity index (χ3v) is 5.28. The Morgan fingerprint density at radius 2 is 2.04 bits per heavy atom. The molecular formula is C20H15BrN2O4S. The third kappa shape index (κ3) is 4.55. The molecule has 1 aliphatic heterocycles. The number of imide groups is 1. The minimum atomic E-state index is -0.334. The summed E-state index contributed by atoms with van der Waals surface area (Å²) in [7, 11) is 1.49. The lowest BCUT2D eigenvalue weighted by atomic mass is 10.1. The summed E-state index contributed by atoms with van der Waals surface area (Å²) in [6.45, 7) is 0.121. The zero-order valence-electron chi connectivity index (χ0n) is 14.8. The Bertz CT molecular complexity index is 1000. The summed E-state index contributed by atoms with van der Waals surface area (Å²) in [6.07, 6.45) is 1.64. The lowest BCUT2D eigenvalue weighted by Gasteiger charge is -2.12. The Morgan fingerprint density at radius 1 is 1.21 bits per heavy atom. The van der Waals surface area contributed by atoms with E-state index in [0.717, 1.165) is 21.8 Å². The highest BCUT2D eigenvalue weighted by Gasteiger charge is 2.35. The molecule has 0 aromatic heterocycles. The van der Waals surface area contributed by atoms with E-state index in [1.165, 1.54) is 12.0 Å². The first kappa shape index (κ1) is 20.0. The van der Waals surface area contributed by atoms with E-state index >= 15 is 0 Å². The van der Waals surface area contributed by atoms with Crippen LogP contribution in [0, 0.1) is 11.3 Å². The molecule has 0 radical (unpaired) electrons. The SMILES string of the molecule is COc1cc(/C=C2\SC(=O)N(Cc3cccc(Br)c3)C2=O)ccc1OCC#N. The molecule has 0 saturated carbocycles. The highest BCUT2D eigenvalue weighted by atomic mass is 79.9. The summed E-state index contributed by atoms with van der Waals surface area (Å²) in [4.78, 5) is 26.6. The fraction of sp³-hybridized carbons (Fsp3) is 0.150. The second-order valence-corrected chi connectivity index (χ2v) is 7.66. The van der Waals surface area contributed by atoms with Gasteiger partial charge in [0.25, 0.3) is 11.1 Å². The summed E-state index contributed by atoms with van der Waals surface area (Å²) in [5.74, 6) is 0.542. The average Bonchev–Trinajstić information content (AvgIpc) is 2.94. The van der Waals surface area contributed by atoms with E-state index in [4.69, 9.17) is 14.7 Å². The summed E-state index contributed by atoms with van der Waals surface area (Å²) in [5.41, 5.74) is 1.55. The number of nitriles is 1. The topological polar surface area (TPSA) is 79.6 Å². The van der Waals surface area contributed by atoms with Crippen molar-refractivity contribution in [2.75, 3.05) is 13.7 Å². The molecule has 1 fully saturated rings. The average molecular weight is 459 g/mol. The number of carbonyl (C=O) groups excluding carboxylic acids is 2. The zero-order valence-corrected chi connectivity index (χ0v) is 17.2. The fourth-order valence-corrected chi connectivity index (χ4v) is 3.89. The van der Waals surface area contributed by atoms with Gasteiger partial charge in [-0.15, -0.1) is 0 Å². The van der Waals surface area contributed by atoms with E-state index in [0.29, 0.717) is 22.0 Å². The number of rotatable bonds is 6. The van der Waals surface area contributed by atoms with Gasteiger partial charge < -0.3 is 9.47 Å². The number of nitrogens with zero attached hydrogens (tertiary/aromatic N) is 2. The molecule has 1 saturated heterocycles. The van der Waals surface area contributed by atoms with Gasteiger partial charge in [-0.3, -0.25) is 14.5 Å². The van der Waals surface area contributed by atoms with Gasteiger partial charge >= 0.3 is 0 Å². The van der Waals surface area contributed by atoms with Gasteiger partial charge in [-0.25, -0.2) is 0 Å². The molecule has 0 N–H and O–H groups in total. The van der Waals surface area contributed by atoms with Crippen LogP contribution >= 0.6 is 27.7 Å². The first-order valence-corrected chi connectivity index (χ1v) is 9.80. The van der Waals surface area contributed by atoms with Crippen molar-refractivity contribution in [2.24, 2.45) is 0 Å². The fourth-order valence-electron chi connectivity index (χ4n) is 2.61. The van der Waals surface area contributed by atoms with Crippen molar-refractivity contribution in [3.8, 4) is 17.6 Å². The number of hydrogen-bond donors (Lipinski definition) is 0. The van der Waals surface area contributed by atoms with Gasteiger partial charge in [-0.05, 0) is 53.2 Å². The summed E-state index contributed by atoms with van der Waals surface area (Å²) in [6, 6.07) is 14.5. The van der Waals surface area contributed by atoms with Gasteiger partial charge in [0.1, 0.15) is 6.07 Å². The predicted molar refractivity (Wildman–Crippen MR) is 110 cm³/mol. The largest absolute Gasteiger partial charge is 0.493 e. The van der Waals surface area contributed by atoms with Crippen LogP contribution in [-0.2, 0) is 11.3 Å². The Morgan fingerprint density at radius 3 is 2.75 bits per heavy atom. The minimum absolute atomic E-state index is 0.0931. The first-order chi connectivity index (χ1) is 13.5. The lowest BCUT2D eigenvalue weighted by Crippen LogP contribution is -2.27. The molecule has 0 bridgehead atoms. The maximum absolute atomic E-state index is 12.7. The molecule has 3 rings (SSSR count). The van der Waals surface area contributed by atoms with Gasteiger partial charge in [0, 0.05) is 4.47 Å². The number of carbonyl (C=O) groups is 2. The van der Waals surface area contributed by atoms with Crippen LogP contribution in [-0.4, -0.2) is 29.8 Å². The third-order valence-electron chi connectivity index (χ3n) is 3.88. The summed E-state index contributed by atoms with van der Waals surface area (Å²) >= 11 is 4.29. The van der Waals surface area contributed by atoms with E-state index < -0.39 is 0 Å². The van der Waals surface area contributed by atoms with Crippen LogP contribution in [0.3, 0.4) is 0 Å². The van der Waals surface area contributed by atoms with Gasteiger partial charge in [0.15, 0.2) is 18.1 Å². The van der Waals surface area contributed by atoms with Crippen molar-refractivity contribution in [3.05, 3.63) is 63.0 Å². The highest BCUT2D eigenvalue weighted by molar-refractivity contribution is 9.10. The summed E-state index contributed by atoms with van der Waals surface area (Å²) in [5, 5.41) is 8.32. The molecule has 1 heterocycles. The second-order valence-electron chi connectivity index (χ2n) is 5.75. The molecule has 2 aromatic carbocycles. The van der Waals surface area contributed by atoms with Crippen LogP contribution < -0.4 is 9.47 Å². The Labute approximate surface area is 174 Å². The number of thioether (sulfide) groups is 1. The molecule has 2 amide bonds. The molecule has 2 aromatic rings. The van der Waals surface area contributed by atoms with Gasteiger partial charge in [-0.1, -0.05) is 34.1 Å². The molecule has 142 valence electrons. The highest BCUT2D eigenvalue weighted by Crippen LogP contribution is 2.35. The van der Waals surface area contributed by atoms with E-state index in [1.54, 1.807) is 24.3 Å². The lowest BCUT2D eigenvalue weighted by molar-refractivity contribution is -0.123. The molecule has 0 aliphatic carbocycles. The molecule has 1 aliphatic rings. The predicted octanol–water partition coefficient (Wildman–Crippen LogP) is 4.60. The normalized spacial score (nSPS) is 15.0. The maximum Gasteiger partial charge on any atom is 0.293 e. The Balaban J connectivity index is 1.80. The zero-order chi connectivity index (χ0) is 20.1. The van der Waals surface area contributed by atoms with Crippen molar-refractivity contribution in [2.45, 2.75) is 6.54 Å². The van der Waals surface area contributed by atoms with Crippen LogP contribution in [0.1, 0.15) is 11.1 Å². The van der Waals surface area contributed by atoms with Gasteiger partial charge in [0.05, 0.1) is 18.6 Å². The molecule has 6 nitrogen and oxygen atoms in total. The van der Waals surface area contributed by atoms with Crippen LogP contribution in [0.25, 0.3) is 6.08 Å². The maximum atomic E-state index is 12.7. The quantitative estimate of drug-likeness (QED) is 0.588. The number of benzene rings is 2. The molecule has 0 spiro atoms. The number of methoxy groups -OCH3 is 1. The number of ether oxygens (including phenoxy) is 2. The van der Waals surface area contributed by atoms with E-state index in [-0.39, 0.29) is 24.3 Å². The molecule has 8 heteroatoms. The Kier molecular flexibility index (Phi) is 6.39. The molecule has 0 atom stereocenters. The van der Waals surface area contributed by atoms with Crippen molar-refractivity contribution < 1.29 is 19.1 Å². The first-order valence-electron chi connectivity index (χ1n) is 8.19. The Hall–Kier alpha value is -2.76. The van der Waals surface area contributed by atoms with Crippen molar-refractivity contribution in [3.63, 3.8) is 0 Å². The van der Waals surface area contributed by atoms with Crippen LogP contribution in [0.2, 0.25) is 0 Å². The molecule has 0 unspecified atom stereocenters. The van der Waals surface area contributed by atoms with Crippen LogP contribution in [0.15, 0.2) is 51.8 Å². The monoisotopic (exact) mass is 458 g/mol. The molecular weight excluding hydrogens is 444 g/mol. The number of amides is 2. The minimum Gasteiger partial charge on any atom is -0.493 e. The van der Waals surface area contributed by atoms with E-state index in [2.05, 4.69) is 15.9 Å². The standard InChI is InChI=1S/C20H15BrN2O4S/c1-26-17-10-13(5-6-16(17)27-8-7-22)11-18-19(24)23(20(25)28-18)12-14-3-2-4-15(21)9-14/h2-6,9-11H,8,12H2,1H3/b18-11-. The second kappa shape index (κ2) is 8.95. The van der Waals surface area contributed by atoms with E-state index in [1.807, 2.05) is 30.3 Å². The van der Waals surface area contributed by atoms with Gasteiger partial charge in [-0.2, -0.15) is 5.26 Å². The van der Waals surface area contributed by atoms with Crippen molar-refractivity contribution >= 4 is 44.9 Å². The van der Waals surface area contributed by atoms with Crippen molar-refractivity contribution in [1.82, 2.24) is 4.90 Å². The van der Waals surface area contributed by atoms with E-state index in [9.17, 15) is 9.59 Å². The number of halogens is 1. The smallest absolute Gasteiger partial charge is 0.293 e. The van der Waals surface area contributed by atoms with Crippen LogP contribution in [0.5, 0.6) is 11.5 Å². The summed E-state index contributed by atoms with van der Waals surface area (Å²) < 4.78 is 11.4. The number of hydrogen-bond acceptors (Lipinski definition) is 6. The van der Waals surface area contributed by atoms with Crippen molar-refractivity contribution in [1.29, 1.82) is 5.26 Å². The van der Waals surface area contributed by atoms with Gasteiger partial charge in [0.2, 0.25) is 0 Å². The molecule has 28 heavy (non-hydrogen) atoms. The van der Waals surface area contributed by atoms with Crippen LogP contribution in [0.4, 0.5) is 4.79 Å².